The van der Waals surface area contributed by atoms with E-state index in [1.165, 1.54) is 17.3 Å². The average molecular weight is 550 g/mol. The number of methoxy groups -OCH3 is 1. The largest absolute Gasteiger partial charge is 1.00 e. The summed E-state index contributed by atoms with van der Waals surface area (Å²) >= 11 is 0. The molecule has 32 heavy (non-hydrogen) atoms. The summed E-state index contributed by atoms with van der Waals surface area (Å²) in [7, 11) is 8.01. The van der Waals surface area contributed by atoms with Crippen molar-refractivity contribution in [2.24, 2.45) is 0 Å². The van der Waals surface area contributed by atoms with E-state index in [1.807, 2.05) is 30.3 Å². The Bertz CT molecular complexity index is 990. The fourth-order valence-corrected chi connectivity index (χ4v) is 3.71. The van der Waals surface area contributed by atoms with Crippen molar-refractivity contribution >= 4 is 22.6 Å². The number of quaternary nitrogens is 1. The Balaban J connectivity index is 0.00000363. The summed E-state index contributed by atoms with van der Waals surface area (Å²) in [6, 6.07) is 16.0. The van der Waals surface area contributed by atoms with Gasteiger partial charge in [0.05, 0.1) is 40.4 Å². The molecule has 0 amide bonds. The Kier molecular flexibility index (Phi) is 10.0. The molecule has 0 N–H and O–H groups in total. The number of nitrogens with zero attached hydrogens (tertiary/aromatic N) is 2. The molecule has 174 valence electrons. The van der Waals surface area contributed by atoms with Crippen LogP contribution in [0, 0.1) is 0 Å². The highest BCUT2D eigenvalue weighted by molar-refractivity contribution is 5.89. The molecule has 0 radical (unpaired) electrons. The molecular weight excluding hydrogens is 515 g/mol. The maximum absolute atomic E-state index is 12.2. The maximum Gasteiger partial charge on any atom is 0.338 e. The molecule has 2 aromatic carbocycles. The van der Waals surface area contributed by atoms with Gasteiger partial charge in [-0.3, -0.25) is 4.48 Å². The Labute approximate surface area is 208 Å². The molecule has 1 heterocycles. The van der Waals surface area contributed by atoms with Crippen molar-refractivity contribution in [1.82, 2.24) is 9.05 Å². The minimum atomic E-state index is -0.232. The monoisotopic (exact) mass is 550 g/mol. The molecule has 0 aliphatic heterocycles. The first-order valence-corrected chi connectivity index (χ1v) is 11.1. The lowest BCUT2D eigenvalue weighted by Gasteiger charge is -2.23. The Morgan fingerprint density at radius 3 is 2.28 bits per heavy atom. The van der Waals surface area contributed by atoms with Crippen LogP contribution in [-0.2, 0) is 11.3 Å². The summed E-state index contributed by atoms with van der Waals surface area (Å²) in [5.41, 5.74) is 3.03. The van der Waals surface area contributed by atoms with Gasteiger partial charge in [-0.25, -0.2) is 4.79 Å². The lowest BCUT2D eigenvalue weighted by Crippen LogP contribution is -3.00. The first-order chi connectivity index (χ1) is 14.9. The van der Waals surface area contributed by atoms with Gasteiger partial charge < -0.3 is 38.0 Å². The molecule has 5 nitrogen and oxygen atoms in total. The molecule has 0 bridgehead atoms. The first kappa shape index (κ1) is 26.2. The van der Waals surface area contributed by atoms with Crippen LogP contribution in [0.3, 0.4) is 0 Å². The minimum Gasteiger partial charge on any atom is -1.00 e. The van der Waals surface area contributed by atoms with Gasteiger partial charge in [-0.1, -0.05) is 19.3 Å². The van der Waals surface area contributed by atoms with Gasteiger partial charge in [-0.15, -0.1) is 0 Å². The summed E-state index contributed by atoms with van der Waals surface area (Å²) in [5, 5.41) is 1.22. The van der Waals surface area contributed by atoms with Crippen LogP contribution in [0.1, 0.15) is 42.5 Å². The normalized spacial score (nSPS) is 11.2. The van der Waals surface area contributed by atoms with Crippen LogP contribution >= 0.6 is 0 Å². The number of esters is 1. The highest BCUT2D eigenvalue weighted by atomic mass is 127. The van der Waals surface area contributed by atoms with Crippen LogP contribution in [0.25, 0.3) is 10.9 Å². The van der Waals surface area contributed by atoms with Gasteiger partial charge in [0.25, 0.3) is 0 Å². The smallest absolute Gasteiger partial charge is 0.338 e. The van der Waals surface area contributed by atoms with Gasteiger partial charge in [0, 0.05) is 23.6 Å². The topological polar surface area (TPSA) is 40.5 Å². The Morgan fingerprint density at radius 2 is 1.59 bits per heavy atom. The van der Waals surface area contributed by atoms with E-state index >= 15 is 0 Å². The number of fused-ring (bicyclic) bond motifs is 1. The lowest BCUT2D eigenvalue weighted by molar-refractivity contribution is -0.0000252. The van der Waals surface area contributed by atoms with Crippen molar-refractivity contribution < 1.29 is 38.2 Å². The second kappa shape index (κ2) is 12.3. The van der Waals surface area contributed by atoms with E-state index in [9.17, 15) is 4.79 Å². The number of halogens is 1. The van der Waals surface area contributed by atoms with Gasteiger partial charge in [-0.2, -0.15) is 0 Å². The second-order valence-electron chi connectivity index (χ2n) is 8.90. The van der Waals surface area contributed by atoms with E-state index in [0.29, 0.717) is 12.2 Å². The minimum absolute atomic E-state index is 0. The molecule has 3 rings (SSSR count). The predicted octanol–water partition coefficient (Wildman–Crippen LogP) is 2.66. The van der Waals surface area contributed by atoms with Crippen LogP contribution in [0.2, 0.25) is 0 Å². The summed E-state index contributed by atoms with van der Waals surface area (Å²) in [4.78, 5) is 12.2. The molecule has 0 unspecified atom stereocenters. The van der Waals surface area contributed by atoms with Crippen LogP contribution in [0.4, 0.5) is 5.69 Å². The number of carbonyl (C=O) groups excluding carboxylic acids is 1. The van der Waals surface area contributed by atoms with E-state index in [-0.39, 0.29) is 29.9 Å². The third-order valence-electron chi connectivity index (χ3n) is 5.63. The van der Waals surface area contributed by atoms with Gasteiger partial charge in [0.1, 0.15) is 11.4 Å². The third-order valence-corrected chi connectivity index (χ3v) is 5.63. The molecule has 0 saturated carbocycles. The quantitative estimate of drug-likeness (QED) is 0.160. The number of ether oxygens (including phenoxy) is 2. The Morgan fingerprint density at radius 1 is 0.906 bits per heavy atom. The standard InChI is InChI=1S/C26H35N2O3.HI/c1-28(2,3)23-12-10-21(11-13-23)26(29)31-19-9-7-5-6-8-17-27-18-16-22-20-24(30-4)14-15-25(22)27;/h10-16,18,20H,5-9,17,19H2,1-4H3;1H/q+1;/p-1. The van der Waals surface area contributed by atoms with Crippen molar-refractivity contribution in [2.75, 3.05) is 34.9 Å². The second-order valence-corrected chi connectivity index (χ2v) is 8.90. The van der Waals surface area contributed by atoms with Gasteiger partial charge in [-0.05, 0) is 61.4 Å². The van der Waals surface area contributed by atoms with Crippen molar-refractivity contribution in [3.63, 3.8) is 0 Å². The number of benzene rings is 2. The zero-order valence-corrected chi connectivity index (χ0v) is 21.8. The molecule has 0 aliphatic carbocycles. The molecular formula is C26H35IN2O3. The molecule has 6 heteroatoms. The van der Waals surface area contributed by atoms with E-state index in [2.05, 4.69) is 50.1 Å². The number of carbonyl (C=O) groups is 1. The Hall–Kier alpha value is -2.06. The molecule has 3 aromatic rings. The predicted molar refractivity (Wildman–Crippen MR) is 128 cm³/mol. The summed E-state index contributed by atoms with van der Waals surface area (Å²) < 4.78 is 13.8. The van der Waals surface area contributed by atoms with Crippen molar-refractivity contribution in [3.8, 4) is 5.75 Å². The first-order valence-electron chi connectivity index (χ1n) is 11.1. The molecule has 1 aromatic heterocycles. The highest BCUT2D eigenvalue weighted by Gasteiger charge is 2.13. The molecule has 0 atom stereocenters. The number of hydrogen-bond acceptors (Lipinski definition) is 3. The van der Waals surface area contributed by atoms with Crippen LogP contribution in [0.15, 0.2) is 54.7 Å². The summed E-state index contributed by atoms with van der Waals surface area (Å²) in [6.07, 6.45) is 7.62. The van der Waals surface area contributed by atoms with Crippen molar-refractivity contribution in [3.05, 3.63) is 60.3 Å². The van der Waals surface area contributed by atoms with E-state index in [1.54, 1.807) is 7.11 Å². The molecule has 0 spiro atoms. The van der Waals surface area contributed by atoms with Crippen LogP contribution in [-0.4, -0.2) is 45.4 Å². The van der Waals surface area contributed by atoms with Gasteiger partial charge >= 0.3 is 5.97 Å². The van der Waals surface area contributed by atoms with Gasteiger partial charge in [0.2, 0.25) is 0 Å². The molecule has 0 fully saturated rings. The SMILES string of the molecule is COc1ccc2c(ccn2CCCCCCCOC(=O)c2ccc([N+](C)(C)C)cc2)c1.[I-]. The summed E-state index contributed by atoms with van der Waals surface area (Å²) in [6.45, 7) is 1.51. The lowest BCUT2D eigenvalue weighted by atomic mass is 10.1. The fourth-order valence-electron chi connectivity index (χ4n) is 3.71. The number of unbranched alkanes of at least 4 members (excludes halogenated alkanes) is 4. The number of rotatable bonds is 11. The van der Waals surface area contributed by atoms with E-state index < -0.39 is 0 Å². The van der Waals surface area contributed by atoms with E-state index in [4.69, 9.17) is 9.47 Å². The maximum atomic E-state index is 12.2. The zero-order valence-electron chi connectivity index (χ0n) is 19.6. The highest BCUT2D eigenvalue weighted by Crippen LogP contribution is 2.22. The van der Waals surface area contributed by atoms with Crippen LogP contribution < -0.4 is 33.2 Å². The molecule has 0 saturated heterocycles. The van der Waals surface area contributed by atoms with E-state index in [0.717, 1.165) is 48.1 Å². The summed E-state index contributed by atoms with van der Waals surface area (Å²) in [5.74, 6) is 0.663. The van der Waals surface area contributed by atoms with Gasteiger partial charge in [0.15, 0.2) is 0 Å². The fraction of sp³-hybridized carbons (Fsp3) is 0.423. The number of aromatic nitrogens is 1. The van der Waals surface area contributed by atoms with Crippen molar-refractivity contribution in [1.29, 1.82) is 0 Å². The average Bonchev–Trinajstić information content (AvgIpc) is 3.17. The zero-order chi connectivity index (χ0) is 22.3. The third kappa shape index (κ3) is 7.24. The van der Waals surface area contributed by atoms with Crippen molar-refractivity contribution in [2.45, 2.75) is 38.6 Å². The number of hydrogen-bond donors (Lipinski definition) is 0. The van der Waals surface area contributed by atoms with Crippen LogP contribution in [0.5, 0.6) is 5.75 Å². The number of aryl methyl sites for hydroxylation is 1. The molecule has 0 aliphatic rings.